The summed E-state index contributed by atoms with van der Waals surface area (Å²) in [6.07, 6.45) is 0. The number of fused-ring (bicyclic) bond motifs is 4. The van der Waals surface area contributed by atoms with Gasteiger partial charge in [-0.1, -0.05) is 156 Å². The van der Waals surface area contributed by atoms with E-state index in [0.29, 0.717) is 0 Å². The molecule has 8 rings (SSSR count). The van der Waals surface area contributed by atoms with Crippen LogP contribution in [0.1, 0.15) is 51.3 Å². The average molecular weight is 620 g/mol. The van der Waals surface area contributed by atoms with E-state index in [2.05, 4.69) is 197 Å². The minimum atomic E-state index is -0.107. The van der Waals surface area contributed by atoms with Crippen LogP contribution < -0.4 is 4.90 Å². The zero-order valence-corrected chi connectivity index (χ0v) is 28.5. The van der Waals surface area contributed by atoms with E-state index >= 15 is 0 Å². The van der Waals surface area contributed by atoms with E-state index in [1.807, 2.05) is 0 Å². The summed E-state index contributed by atoms with van der Waals surface area (Å²) in [6, 6.07) is 58.2. The van der Waals surface area contributed by atoms with Crippen LogP contribution in [0, 0.1) is 0 Å². The molecule has 0 radical (unpaired) electrons. The number of anilines is 3. The standard InChI is InChI=1S/C47H41N/c1-46(2,3)42-24-13-11-23-39(42)41-29-34-18-9-10-19-35(34)30-45(41)48(36-21-15-20-33(28-36)32-16-7-6-8-17-32)37-26-27-40-38-22-12-14-25-43(38)47(4,5)44(40)31-37/h6-31H,1-5H3. The Labute approximate surface area is 285 Å². The molecule has 0 fully saturated rings. The van der Waals surface area contributed by atoms with E-state index in [4.69, 9.17) is 0 Å². The second-order valence-corrected chi connectivity index (χ2v) is 14.7. The predicted molar refractivity (Wildman–Crippen MR) is 206 cm³/mol. The Morgan fingerprint density at radius 1 is 0.438 bits per heavy atom. The van der Waals surface area contributed by atoms with E-state index < -0.39 is 0 Å². The van der Waals surface area contributed by atoms with Gasteiger partial charge in [-0.15, -0.1) is 0 Å². The summed E-state index contributed by atoms with van der Waals surface area (Å²) in [6.45, 7) is 11.7. The second-order valence-electron chi connectivity index (χ2n) is 14.7. The first-order valence-electron chi connectivity index (χ1n) is 17.0. The molecular formula is C47H41N. The summed E-state index contributed by atoms with van der Waals surface area (Å²) in [5, 5.41) is 2.46. The first kappa shape index (κ1) is 30.0. The number of rotatable bonds is 5. The fourth-order valence-corrected chi connectivity index (χ4v) is 7.71. The van der Waals surface area contributed by atoms with Crippen molar-refractivity contribution in [3.63, 3.8) is 0 Å². The van der Waals surface area contributed by atoms with Crippen LogP contribution in [0.5, 0.6) is 0 Å². The quantitative estimate of drug-likeness (QED) is 0.185. The Balaban J connectivity index is 1.43. The third kappa shape index (κ3) is 5.02. The van der Waals surface area contributed by atoms with Gasteiger partial charge in [0.05, 0.1) is 5.69 Å². The van der Waals surface area contributed by atoms with Crippen molar-refractivity contribution < 1.29 is 0 Å². The van der Waals surface area contributed by atoms with E-state index in [0.717, 1.165) is 11.4 Å². The molecule has 7 aromatic rings. The van der Waals surface area contributed by atoms with Gasteiger partial charge >= 0.3 is 0 Å². The molecule has 1 heteroatoms. The van der Waals surface area contributed by atoms with E-state index in [1.165, 1.54) is 66.5 Å². The summed E-state index contributed by atoms with van der Waals surface area (Å²) >= 11 is 0. The first-order valence-corrected chi connectivity index (χ1v) is 17.0. The Bertz CT molecular complexity index is 2300. The van der Waals surface area contributed by atoms with Gasteiger partial charge in [-0.3, -0.25) is 0 Å². The lowest BCUT2D eigenvalue weighted by Crippen LogP contribution is -2.17. The number of nitrogens with zero attached hydrogens (tertiary/aromatic N) is 1. The molecule has 0 bridgehead atoms. The normalized spacial score (nSPS) is 13.3. The van der Waals surface area contributed by atoms with Gasteiger partial charge in [0.1, 0.15) is 0 Å². The SMILES string of the molecule is CC(C)(C)c1ccccc1-c1cc2ccccc2cc1N(c1cccc(-c2ccccc2)c1)c1ccc2c(c1)C(C)(C)c1ccccc1-2. The highest BCUT2D eigenvalue weighted by atomic mass is 15.1. The van der Waals surface area contributed by atoms with Crippen LogP contribution in [-0.2, 0) is 10.8 Å². The van der Waals surface area contributed by atoms with Crippen molar-refractivity contribution in [1.29, 1.82) is 0 Å². The van der Waals surface area contributed by atoms with Gasteiger partial charge in [-0.25, -0.2) is 0 Å². The maximum absolute atomic E-state index is 2.49. The van der Waals surface area contributed by atoms with E-state index in [9.17, 15) is 0 Å². The van der Waals surface area contributed by atoms with Gasteiger partial charge in [0.2, 0.25) is 0 Å². The van der Waals surface area contributed by atoms with Crippen LogP contribution in [0.3, 0.4) is 0 Å². The highest BCUT2D eigenvalue weighted by molar-refractivity contribution is 5.99. The van der Waals surface area contributed by atoms with Crippen LogP contribution in [-0.4, -0.2) is 0 Å². The van der Waals surface area contributed by atoms with Crippen molar-refractivity contribution in [2.24, 2.45) is 0 Å². The largest absolute Gasteiger partial charge is 0.310 e. The highest BCUT2D eigenvalue weighted by Gasteiger charge is 2.36. The lowest BCUT2D eigenvalue weighted by molar-refractivity contribution is 0.592. The zero-order valence-electron chi connectivity index (χ0n) is 28.5. The van der Waals surface area contributed by atoms with Gasteiger partial charge in [-0.05, 0) is 97.1 Å². The lowest BCUT2D eigenvalue weighted by Gasteiger charge is -2.32. The molecule has 0 saturated heterocycles. The van der Waals surface area contributed by atoms with E-state index in [-0.39, 0.29) is 10.8 Å². The Kier molecular flexibility index (Phi) is 7.11. The van der Waals surface area contributed by atoms with Crippen molar-refractivity contribution in [2.75, 3.05) is 4.90 Å². The molecule has 7 aromatic carbocycles. The minimum absolute atomic E-state index is 0.0269. The molecule has 0 aliphatic heterocycles. The molecule has 0 saturated carbocycles. The summed E-state index contributed by atoms with van der Waals surface area (Å²) in [7, 11) is 0. The third-order valence-corrected chi connectivity index (χ3v) is 10.2. The molecule has 234 valence electrons. The molecule has 1 aliphatic rings. The van der Waals surface area contributed by atoms with Crippen molar-refractivity contribution in [3.05, 3.63) is 174 Å². The minimum Gasteiger partial charge on any atom is -0.310 e. The second kappa shape index (κ2) is 11.4. The molecule has 0 amide bonds. The zero-order chi connectivity index (χ0) is 33.0. The predicted octanol–water partition coefficient (Wildman–Crippen LogP) is 13.2. The van der Waals surface area contributed by atoms with Crippen molar-refractivity contribution >= 4 is 27.8 Å². The van der Waals surface area contributed by atoms with Crippen molar-refractivity contribution in [3.8, 4) is 33.4 Å². The molecule has 0 spiro atoms. The Hall–Kier alpha value is -5.40. The van der Waals surface area contributed by atoms with Gasteiger partial charge < -0.3 is 4.90 Å². The fraction of sp³-hybridized carbons (Fsp3) is 0.149. The van der Waals surface area contributed by atoms with Gasteiger partial charge in [0.15, 0.2) is 0 Å². The molecule has 0 aromatic heterocycles. The summed E-state index contributed by atoms with van der Waals surface area (Å²) < 4.78 is 0. The number of benzene rings is 7. The maximum Gasteiger partial charge on any atom is 0.0546 e. The molecule has 1 nitrogen and oxygen atoms in total. The average Bonchev–Trinajstić information content (AvgIpc) is 3.34. The fourth-order valence-electron chi connectivity index (χ4n) is 7.71. The molecule has 0 atom stereocenters. The van der Waals surface area contributed by atoms with Crippen LogP contribution in [0.25, 0.3) is 44.2 Å². The molecule has 1 aliphatic carbocycles. The Morgan fingerprint density at radius 2 is 1.04 bits per heavy atom. The third-order valence-electron chi connectivity index (χ3n) is 10.2. The summed E-state index contributed by atoms with van der Waals surface area (Å²) in [5.41, 5.74) is 15.0. The number of hydrogen-bond acceptors (Lipinski definition) is 1. The first-order chi connectivity index (χ1) is 23.2. The highest BCUT2D eigenvalue weighted by Crippen LogP contribution is 2.52. The molecule has 0 N–H and O–H groups in total. The summed E-state index contributed by atoms with van der Waals surface area (Å²) in [5.74, 6) is 0. The molecule has 0 heterocycles. The van der Waals surface area contributed by atoms with Crippen molar-refractivity contribution in [1.82, 2.24) is 0 Å². The van der Waals surface area contributed by atoms with Gasteiger partial charge in [-0.2, -0.15) is 0 Å². The van der Waals surface area contributed by atoms with Gasteiger partial charge in [0, 0.05) is 22.4 Å². The molecule has 48 heavy (non-hydrogen) atoms. The topological polar surface area (TPSA) is 3.24 Å². The monoisotopic (exact) mass is 619 g/mol. The summed E-state index contributed by atoms with van der Waals surface area (Å²) in [4.78, 5) is 2.49. The Morgan fingerprint density at radius 3 is 1.81 bits per heavy atom. The van der Waals surface area contributed by atoms with Crippen LogP contribution >= 0.6 is 0 Å². The van der Waals surface area contributed by atoms with Crippen LogP contribution in [0.4, 0.5) is 17.1 Å². The van der Waals surface area contributed by atoms with Crippen LogP contribution in [0.2, 0.25) is 0 Å². The molecular weight excluding hydrogens is 579 g/mol. The number of hydrogen-bond donors (Lipinski definition) is 0. The van der Waals surface area contributed by atoms with Crippen LogP contribution in [0.15, 0.2) is 158 Å². The lowest BCUT2D eigenvalue weighted by atomic mass is 9.81. The van der Waals surface area contributed by atoms with E-state index in [1.54, 1.807) is 0 Å². The molecule has 0 unspecified atom stereocenters. The van der Waals surface area contributed by atoms with Gasteiger partial charge in [0.25, 0.3) is 0 Å². The maximum atomic E-state index is 2.49. The smallest absolute Gasteiger partial charge is 0.0546 e. The van der Waals surface area contributed by atoms with Crippen molar-refractivity contribution in [2.45, 2.75) is 45.4 Å².